The van der Waals surface area contributed by atoms with E-state index in [4.69, 9.17) is 58.0 Å². The standard InChI is InChI=1S/C11H8Cl5N/c12-8-9(13)17-7-5-2-1-4(3-5)6(7)10(8,14)11(17,15)16/h1-2,4-7H,3H2/t4-,5+,6+,7-,10+/m1/s1. The molecular formula is C11H8Cl5N. The highest BCUT2D eigenvalue weighted by Gasteiger charge is 2.78. The molecule has 2 aliphatic carbocycles. The maximum Gasteiger partial charge on any atom is 0.216 e. The maximum absolute atomic E-state index is 6.72. The van der Waals surface area contributed by atoms with E-state index in [1.165, 1.54) is 0 Å². The molecular weight excluding hydrogens is 323 g/mol. The lowest BCUT2D eigenvalue weighted by molar-refractivity contribution is 0.246. The molecule has 0 spiro atoms. The number of nitrogens with zero attached hydrogens (tertiary/aromatic N) is 1. The number of fused-ring (bicyclic) bond motifs is 9. The number of rotatable bonds is 0. The van der Waals surface area contributed by atoms with E-state index in [0.717, 1.165) is 6.42 Å². The maximum atomic E-state index is 6.72. The fourth-order valence-electron chi connectivity index (χ4n) is 4.03. The first kappa shape index (κ1) is 11.5. The molecule has 4 aliphatic rings. The van der Waals surface area contributed by atoms with E-state index in [-0.39, 0.29) is 12.0 Å². The lowest BCUT2D eigenvalue weighted by atomic mass is 9.80. The van der Waals surface area contributed by atoms with Crippen molar-refractivity contribution in [3.05, 3.63) is 22.3 Å². The van der Waals surface area contributed by atoms with Crippen LogP contribution in [-0.2, 0) is 0 Å². The fraction of sp³-hybridized carbons (Fsp3) is 0.636. The van der Waals surface area contributed by atoms with Crippen LogP contribution in [0.25, 0.3) is 0 Å². The molecule has 2 aliphatic heterocycles. The Labute approximate surface area is 124 Å². The van der Waals surface area contributed by atoms with E-state index in [1.807, 2.05) is 4.90 Å². The van der Waals surface area contributed by atoms with Gasteiger partial charge in [-0.1, -0.05) is 58.6 Å². The molecule has 0 aromatic rings. The third kappa shape index (κ3) is 0.984. The minimum atomic E-state index is -1.24. The van der Waals surface area contributed by atoms with Gasteiger partial charge in [0.25, 0.3) is 0 Å². The molecule has 1 nitrogen and oxygen atoms in total. The average molecular weight is 331 g/mol. The molecule has 4 bridgehead atoms. The van der Waals surface area contributed by atoms with Crippen molar-refractivity contribution in [2.24, 2.45) is 17.8 Å². The highest BCUT2D eigenvalue weighted by atomic mass is 35.5. The van der Waals surface area contributed by atoms with E-state index >= 15 is 0 Å². The molecule has 4 rings (SSSR count). The Bertz CT molecular complexity index is 484. The van der Waals surface area contributed by atoms with Gasteiger partial charge in [-0.25, -0.2) is 0 Å². The van der Waals surface area contributed by atoms with E-state index in [0.29, 0.717) is 22.0 Å². The first-order valence-electron chi connectivity index (χ1n) is 5.51. The van der Waals surface area contributed by atoms with Crippen molar-refractivity contribution in [1.29, 1.82) is 0 Å². The van der Waals surface area contributed by atoms with Crippen LogP contribution in [0.4, 0.5) is 0 Å². The monoisotopic (exact) mass is 329 g/mol. The van der Waals surface area contributed by atoms with Gasteiger partial charge in [0.1, 0.15) is 10.0 Å². The van der Waals surface area contributed by atoms with Crippen molar-refractivity contribution in [3.63, 3.8) is 0 Å². The molecule has 1 saturated heterocycles. The van der Waals surface area contributed by atoms with Crippen LogP contribution in [0.5, 0.6) is 0 Å². The molecule has 1 saturated carbocycles. The zero-order valence-electron chi connectivity index (χ0n) is 8.51. The van der Waals surface area contributed by atoms with Crippen molar-refractivity contribution in [2.45, 2.75) is 21.8 Å². The Kier molecular flexibility index (Phi) is 2.08. The second-order valence-corrected chi connectivity index (χ2v) is 7.81. The SMILES string of the molecule is ClC1=C(Cl)[C@@]2(Cl)[C@@H]3[C@@H]([C@H]4C=C[C@@H]3C4)N1C2(Cl)Cl. The topological polar surface area (TPSA) is 3.24 Å². The normalized spacial score (nSPS) is 52.9. The smallest absolute Gasteiger partial charge is 0.216 e. The largest absolute Gasteiger partial charge is 0.324 e. The van der Waals surface area contributed by atoms with Crippen molar-refractivity contribution >= 4 is 58.0 Å². The Hall–Kier alpha value is 0.730. The quantitative estimate of drug-likeness (QED) is 0.364. The van der Waals surface area contributed by atoms with Crippen LogP contribution in [0.1, 0.15) is 6.42 Å². The summed E-state index contributed by atoms with van der Waals surface area (Å²) in [5.74, 6) is 0.994. The predicted molar refractivity (Wildman–Crippen MR) is 71.6 cm³/mol. The molecule has 0 radical (unpaired) electrons. The van der Waals surface area contributed by atoms with E-state index in [1.54, 1.807) is 0 Å². The van der Waals surface area contributed by atoms with E-state index in [2.05, 4.69) is 12.2 Å². The summed E-state index contributed by atoms with van der Waals surface area (Å²) in [4.78, 5) is 0.843. The van der Waals surface area contributed by atoms with Gasteiger partial charge in [0, 0.05) is 12.0 Å². The molecule has 0 aromatic carbocycles. The summed E-state index contributed by atoms with van der Waals surface area (Å²) in [6.45, 7) is 0. The number of hydrogen-bond acceptors (Lipinski definition) is 1. The molecule has 5 atom stereocenters. The molecule has 0 N–H and O–H groups in total. The second kappa shape index (κ2) is 3.07. The molecule has 0 aromatic heterocycles. The highest BCUT2D eigenvalue weighted by Crippen LogP contribution is 2.73. The third-order valence-corrected chi connectivity index (χ3v) is 7.54. The summed E-state index contributed by atoms with van der Waals surface area (Å²) < 4.78 is -1.24. The summed E-state index contributed by atoms with van der Waals surface area (Å²) in [5.41, 5.74) is 0. The third-order valence-electron chi connectivity index (χ3n) is 4.63. The minimum Gasteiger partial charge on any atom is -0.324 e. The van der Waals surface area contributed by atoms with Crippen LogP contribution in [0.15, 0.2) is 22.3 Å². The van der Waals surface area contributed by atoms with Crippen molar-refractivity contribution in [2.75, 3.05) is 0 Å². The van der Waals surface area contributed by atoms with Crippen LogP contribution in [-0.4, -0.2) is 20.3 Å². The summed E-state index contributed by atoms with van der Waals surface area (Å²) in [7, 11) is 0. The van der Waals surface area contributed by atoms with Crippen LogP contribution in [0.3, 0.4) is 0 Å². The highest BCUT2D eigenvalue weighted by molar-refractivity contribution is 6.59. The molecule has 17 heavy (non-hydrogen) atoms. The van der Waals surface area contributed by atoms with Crippen LogP contribution >= 0.6 is 58.0 Å². The predicted octanol–water partition coefficient (Wildman–Crippen LogP) is 4.26. The minimum absolute atomic E-state index is 0.157. The number of halogens is 5. The van der Waals surface area contributed by atoms with Crippen molar-refractivity contribution in [3.8, 4) is 0 Å². The zero-order chi connectivity index (χ0) is 12.2. The van der Waals surface area contributed by atoms with Gasteiger partial charge in [0.15, 0.2) is 0 Å². The van der Waals surface area contributed by atoms with Crippen molar-refractivity contribution < 1.29 is 0 Å². The van der Waals surface area contributed by atoms with Gasteiger partial charge in [-0.3, -0.25) is 0 Å². The Balaban J connectivity index is 1.97. The van der Waals surface area contributed by atoms with Crippen molar-refractivity contribution in [1.82, 2.24) is 4.90 Å². The summed E-state index contributed by atoms with van der Waals surface area (Å²) >= 11 is 32.1. The van der Waals surface area contributed by atoms with Gasteiger partial charge in [-0.15, -0.1) is 11.6 Å². The van der Waals surface area contributed by atoms with E-state index < -0.39 is 9.33 Å². The fourth-order valence-corrected chi connectivity index (χ4v) is 6.31. The molecule has 92 valence electrons. The van der Waals surface area contributed by atoms with Gasteiger partial charge < -0.3 is 4.90 Å². The van der Waals surface area contributed by atoms with Gasteiger partial charge in [0.05, 0.1) is 5.03 Å². The summed E-state index contributed by atoms with van der Waals surface area (Å²) in [6, 6.07) is 0.188. The van der Waals surface area contributed by atoms with E-state index in [9.17, 15) is 0 Å². The van der Waals surface area contributed by atoms with Gasteiger partial charge >= 0.3 is 0 Å². The second-order valence-electron chi connectivity index (χ2n) is 5.19. The zero-order valence-corrected chi connectivity index (χ0v) is 12.3. The molecule has 2 heterocycles. The van der Waals surface area contributed by atoms with Gasteiger partial charge in [-0.2, -0.15) is 0 Å². The Morgan fingerprint density at radius 3 is 2.47 bits per heavy atom. The Morgan fingerprint density at radius 2 is 1.76 bits per heavy atom. The average Bonchev–Trinajstić information content (AvgIpc) is 2.92. The molecule has 0 unspecified atom stereocenters. The first-order chi connectivity index (χ1) is 7.90. The molecule has 2 fully saturated rings. The summed E-state index contributed by atoms with van der Waals surface area (Å²) in [6.07, 6.45) is 5.52. The van der Waals surface area contributed by atoms with Gasteiger partial charge in [0.2, 0.25) is 4.46 Å². The number of allylic oxidation sites excluding steroid dienone is 1. The van der Waals surface area contributed by atoms with Crippen LogP contribution < -0.4 is 0 Å². The first-order valence-corrected chi connectivity index (χ1v) is 7.40. The lowest BCUT2D eigenvalue weighted by Gasteiger charge is -2.35. The number of hydrogen-bond donors (Lipinski definition) is 0. The summed E-state index contributed by atoms with van der Waals surface area (Å²) in [5, 5.41) is 0.807. The van der Waals surface area contributed by atoms with Gasteiger partial charge in [-0.05, 0) is 18.3 Å². The Morgan fingerprint density at radius 1 is 1.12 bits per heavy atom. The molecule has 0 amide bonds. The molecule has 6 heteroatoms. The number of alkyl halides is 3. The van der Waals surface area contributed by atoms with Crippen LogP contribution in [0.2, 0.25) is 0 Å². The van der Waals surface area contributed by atoms with Crippen LogP contribution in [0, 0.1) is 17.8 Å². The lowest BCUT2D eigenvalue weighted by Crippen LogP contribution is -2.43.